The van der Waals surface area contributed by atoms with Crippen LogP contribution in [-0.4, -0.2) is 30.6 Å². The number of hydrazone groups is 1. The molecule has 0 spiro atoms. The van der Waals surface area contributed by atoms with Crippen LogP contribution in [0.25, 0.3) is 0 Å². The first-order valence-corrected chi connectivity index (χ1v) is 10.8. The smallest absolute Gasteiger partial charge is 0.343 e. The van der Waals surface area contributed by atoms with Crippen LogP contribution in [0.15, 0.2) is 76.3 Å². The minimum atomic E-state index is -1.04. The number of benzene rings is 3. The monoisotopic (exact) mass is 527 g/mol. The predicted octanol–water partition coefficient (Wildman–Crippen LogP) is 4.29. The van der Waals surface area contributed by atoms with Gasteiger partial charge in [0.1, 0.15) is 17.3 Å². The largest absolute Gasteiger partial charge is 0.494 e. The van der Waals surface area contributed by atoms with Gasteiger partial charge in [0.15, 0.2) is 0 Å². The number of carbonyl (C=O) groups excluding carboxylic acids is 3. The van der Waals surface area contributed by atoms with Gasteiger partial charge in [0, 0.05) is 15.7 Å². The zero-order valence-electron chi connectivity index (χ0n) is 17.9. The number of carbonyl (C=O) groups is 3. The number of rotatable bonds is 7. The summed E-state index contributed by atoms with van der Waals surface area (Å²) in [4.78, 5) is 36.4. The average Bonchev–Trinajstić information content (AvgIpc) is 2.82. The molecule has 0 aromatic heterocycles. The normalized spacial score (nSPS) is 10.6. The Bertz CT molecular complexity index is 1210. The van der Waals surface area contributed by atoms with Crippen molar-refractivity contribution in [2.24, 2.45) is 5.10 Å². The first kappa shape index (κ1) is 24.6. The lowest BCUT2D eigenvalue weighted by molar-refractivity contribution is -0.136. The van der Waals surface area contributed by atoms with Crippen molar-refractivity contribution in [3.63, 3.8) is 0 Å². The van der Waals surface area contributed by atoms with E-state index >= 15 is 0 Å². The van der Waals surface area contributed by atoms with Crippen molar-refractivity contribution in [3.05, 3.63) is 88.1 Å². The van der Waals surface area contributed by atoms with E-state index in [1.165, 1.54) is 18.3 Å². The first-order valence-electron chi connectivity index (χ1n) is 10.00. The topological polar surface area (TPSA) is 106 Å². The molecule has 0 saturated carbocycles. The number of amides is 2. The van der Waals surface area contributed by atoms with E-state index in [-0.39, 0.29) is 11.4 Å². The summed E-state index contributed by atoms with van der Waals surface area (Å²) >= 11 is 3.32. The third-order valence-corrected chi connectivity index (χ3v) is 4.75. The van der Waals surface area contributed by atoms with Crippen molar-refractivity contribution < 1.29 is 28.2 Å². The Morgan fingerprint density at radius 2 is 1.71 bits per heavy atom. The molecule has 3 rings (SSSR count). The minimum absolute atomic E-state index is 0.191. The highest BCUT2D eigenvalue weighted by molar-refractivity contribution is 9.10. The summed E-state index contributed by atoms with van der Waals surface area (Å²) in [5, 5.41) is 6.08. The number of nitrogens with zero attached hydrogens (tertiary/aromatic N) is 1. The molecule has 174 valence electrons. The molecule has 34 heavy (non-hydrogen) atoms. The molecule has 0 fully saturated rings. The van der Waals surface area contributed by atoms with Gasteiger partial charge in [0.05, 0.1) is 18.4 Å². The van der Waals surface area contributed by atoms with E-state index in [4.69, 9.17) is 9.47 Å². The molecule has 0 saturated heterocycles. The molecule has 0 bridgehead atoms. The molecule has 3 aromatic carbocycles. The van der Waals surface area contributed by atoms with Gasteiger partial charge in [-0.3, -0.25) is 9.59 Å². The molecule has 0 unspecified atom stereocenters. The lowest BCUT2D eigenvalue weighted by Crippen LogP contribution is -2.32. The summed E-state index contributed by atoms with van der Waals surface area (Å²) in [6, 6.07) is 16.3. The zero-order valence-corrected chi connectivity index (χ0v) is 19.5. The van der Waals surface area contributed by atoms with Crippen molar-refractivity contribution >= 4 is 45.6 Å². The molecule has 0 radical (unpaired) electrons. The van der Waals surface area contributed by atoms with Crippen LogP contribution in [0.3, 0.4) is 0 Å². The second-order valence-corrected chi connectivity index (χ2v) is 7.60. The second-order valence-electron chi connectivity index (χ2n) is 6.69. The fourth-order valence-electron chi connectivity index (χ4n) is 2.66. The maximum Gasteiger partial charge on any atom is 0.343 e. The van der Waals surface area contributed by atoms with E-state index < -0.39 is 23.6 Å². The number of esters is 1. The third kappa shape index (κ3) is 6.97. The van der Waals surface area contributed by atoms with Crippen molar-refractivity contribution in [3.8, 4) is 11.5 Å². The van der Waals surface area contributed by atoms with E-state index in [9.17, 15) is 18.8 Å². The summed E-state index contributed by atoms with van der Waals surface area (Å²) < 4.78 is 24.4. The Hall–Kier alpha value is -4.05. The predicted molar refractivity (Wildman–Crippen MR) is 127 cm³/mol. The van der Waals surface area contributed by atoms with Gasteiger partial charge >= 0.3 is 17.8 Å². The van der Waals surface area contributed by atoms with Crippen molar-refractivity contribution in [1.29, 1.82) is 0 Å². The first-order chi connectivity index (χ1) is 16.4. The summed E-state index contributed by atoms with van der Waals surface area (Å²) in [6.45, 7) is 2.37. The van der Waals surface area contributed by atoms with Crippen molar-refractivity contribution in [1.82, 2.24) is 5.43 Å². The van der Waals surface area contributed by atoms with Gasteiger partial charge in [0.25, 0.3) is 0 Å². The van der Waals surface area contributed by atoms with E-state index in [2.05, 4.69) is 31.8 Å². The Balaban J connectivity index is 1.64. The van der Waals surface area contributed by atoms with Gasteiger partial charge in [-0.05, 0) is 73.7 Å². The molecular formula is C24H19BrFN3O5. The van der Waals surface area contributed by atoms with Gasteiger partial charge in [0.2, 0.25) is 0 Å². The quantitative estimate of drug-likeness (QED) is 0.157. The van der Waals surface area contributed by atoms with Crippen LogP contribution in [0.2, 0.25) is 0 Å². The maximum absolute atomic E-state index is 12.9. The molecule has 2 amide bonds. The fraction of sp³-hybridized carbons (Fsp3) is 0.0833. The van der Waals surface area contributed by atoms with Crippen molar-refractivity contribution in [2.75, 3.05) is 11.9 Å². The molecule has 3 aromatic rings. The van der Waals surface area contributed by atoms with Gasteiger partial charge in [-0.2, -0.15) is 5.10 Å². The highest BCUT2D eigenvalue weighted by Crippen LogP contribution is 2.23. The number of nitrogens with one attached hydrogen (secondary N) is 2. The molecule has 8 nitrogen and oxygen atoms in total. The molecule has 0 aliphatic rings. The van der Waals surface area contributed by atoms with Gasteiger partial charge in [-0.1, -0.05) is 15.9 Å². The van der Waals surface area contributed by atoms with Crippen LogP contribution >= 0.6 is 15.9 Å². The number of ether oxygens (including phenoxy) is 2. The molecule has 0 aliphatic heterocycles. The number of hydrogen-bond acceptors (Lipinski definition) is 6. The summed E-state index contributed by atoms with van der Waals surface area (Å²) in [5.41, 5.74) is 3.03. The van der Waals surface area contributed by atoms with E-state index in [1.807, 2.05) is 6.92 Å². The van der Waals surface area contributed by atoms with Gasteiger partial charge in [-0.15, -0.1) is 0 Å². The molecular weight excluding hydrogens is 509 g/mol. The van der Waals surface area contributed by atoms with Crippen LogP contribution in [-0.2, 0) is 9.59 Å². The third-order valence-electron chi connectivity index (χ3n) is 4.25. The Morgan fingerprint density at radius 3 is 2.38 bits per heavy atom. The van der Waals surface area contributed by atoms with Crippen molar-refractivity contribution in [2.45, 2.75) is 6.92 Å². The summed E-state index contributed by atoms with van der Waals surface area (Å²) in [6.07, 6.45) is 1.23. The van der Waals surface area contributed by atoms with Crippen LogP contribution in [0.4, 0.5) is 10.1 Å². The zero-order chi connectivity index (χ0) is 24.5. The average molecular weight is 528 g/mol. The SMILES string of the molecule is CCOc1ccc(C(=O)Oc2ccc(Br)cc2/C=N\NC(=O)C(=O)Nc2ccc(F)cc2)cc1. The van der Waals surface area contributed by atoms with E-state index in [0.717, 1.165) is 12.1 Å². The summed E-state index contributed by atoms with van der Waals surface area (Å²) in [7, 11) is 0. The molecule has 0 aliphatic carbocycles. The number of hydrogen-bond donors (Lipinski definition) is 2. The lowest BCUT2D eigenvalue weighted by atomic mass is 10.2. The molecule has 0 atom stereocenters. The molecule has 0 heterocycles. The van der Waals surface area contributed by atoms with Gasteiger partial charge < -0.3 is 14.8 Å². The second kappa shape index (κ2) is 11.7. The van der Waals surface area contributed by atoms with E-state index in [0.29, 0.717) is 28.0 Å². The van der Waals surface area contributed by atoms with Crippen LogP contribution in [0, 0.1) is 5.82 Å². The van der Waals surface area contributed by atoms with Crippen LogP contribution in [0.1, 0.15) is 22.8 Å². The van der Waals surface area contributed by atoms with E-state index in [1.54, 1.807) is 42.5 Å². The molecule has 2 N–H and O–H groups in total. The highest BCUT2D eigenvalue weighted by Gasteiger charge is 2.14. The van der Waals surface area contributed by atoms with Crippen LogP contribution in [0.5, 0.6) is 11.5 Å². The van der Waals surface area contributed by atoms with Crippen LogP contribution < -0.4 is 20.2 Å². The summed E-state index contributed by atoms with van der Waals surface area (Å²) in [5.74, 6) is -2.27. The number of halogens is 2. The molecule has 10 heteroatoms. The fourth-order valence-corrected chi connectivity index (χ4v) is 3.04. The highest BCUT2D eigenvalue weighted by atomic mass is 79.9. The number of anilines is 1. The Labute approximate surface area is 202 Å². The Morgan fingerprint density at radius 1 is 1.00 bits per heavy atom. The standard InChI is InChI=1S/C24H19BrFN3O5/c1-2-33-20-10-3-15(4-11-20)24(32)34-21-12-5-17(25)13-16(21)14-27-29-23(31)22(30)28-19-8-6-18(26)7-9-19/h3-14H,2H2,1H3,(H,28,30)(H,29,31)/b27-14-. The lowest BCUT2D eigenvalue weighted by Gasteiger charge is -2.09. The maximum atomic E-state index is 12.9. The Kier molecular flexibility index (Phi) is 8.47. The minimum Gasteiger partial charge on any atom is -0.494 e. The van der Waals surface area contributed by atoms with Gasteiger partial charge in [-0.25, -0.2) is 14.6 Å².